The smallest absolute Gasteiger partial charge is 0.0413 e. The second-order valence-corrected chi connectivity index (χ2v) is 6.67. The number of hydrogen-bond donors (Lipinski definition) is 0. The van der Waals surface area contributed by atoms with Crippen LogP contribution in [0.3, 0.4) is 0 Å². The molecule has 0 fully saturated rings. The molecule has 100 valence electrons. The Morgan fingerprint density at radius 1 is 1.05 bits per heavy atom. The average Bonchev–Trinajstić information content (AvgIpc) is 2.40. The van der Waals surface area contributed by atoms with Gasteiger partial charge in [0.15, 0.2) is 0 Å². The van der Waals surface area contributed by atoms with Crippen molar-refractivity contribution in [3.63, 3.8) is 0 Å². The van der Waals surface area contributed by atoms with Gasteiger partial charge in [-0.05, 0) is 64.5 Å². The summed E-state index contributed by atoms with van der Waals surface area (Å²) in [6.45, 7) is 0. The zero-order valence-electron chi connectivity index (χ0n) is 10.3. The molecule has 19 heavy (non-hydrogen) atoms. The number of rotatable bonds is 5. The molecule has 1 aromatic heterocycles. The van der Waals surface area contributed by atoms with Crippen LogP contribution in [0.4, 0.5) is 0 Å². The van der Waals surface area contributed by atoms with Crippen LogP contribution in [-0.2, 0) is 12.8 Å². The van der Waals surface area contributed by atoms with Crippen LogP contribution in [0.2, 0.25) is 0 Å². The summed E-state index contributed by atoms with van der Waals surface area (Å²) >= 11 is 13.0. The predicted molar refractivity (Wildman–Crippen MR) is 87.7 cm³/mol. The lowest BCUT2D eigenvalue weighted by Gasteiger charge is -2.13. The van der Waals surface area contributed by atoms with E-state index in [1.165, 1.54) is 5.56 Å². The van der Waals surface area contributed by atoms with Crippen molar-refractivity contribution in [3.8, 4) is 0 Å². The Morgan fingerprint density at radius 3 is 2.53 bits per heavy atom. The Balaban J connectivity index is 2.02. The molecule has 0 spiro atoms. The highest BCUT2D eigenvalue weighted by atomic mass is 79.9. The molecule has 4 heteroatoms. The molecule has 0 radical (unpaired) electrons. The van der Waals surface area contributed by atoms with Crippen LogP contribution in [0.25, 0.3) is 0 Å². The average molecular weight is 404 g/mol. The van der Waals surface area contributed by atoms with Gasteiger partial charge in [0.25, 0.3) is 0 Å². The zero-order chi connectivity index (χ0) is 13.7. The summed E-state index contributed by atoms with van der Waals surface area (Å²) < 4.78 is 2.12. The molecule has 0 saturated carbocycles. The molecule has 0 aliphatic heterocycles. The highest BCUT2D eigenvalue weighted by molar-refractivity contribution is 9.10. The van der Waals surface area contributed by atoms with Gasteiger partial charge in [-0.1, -0.05) is 28.1 Å². The van der Waals surface area contributed by atoms with E-state index in [4.69, 9.17) is 11.6 Å². The van der Waals surface area contributed by atoms with Crippen molar-refractivity contribution in [2.45, 2.75) is 12.8 Å². The molecule has 0 aliphatic rings. The monoisotopic (exact) mass is 401 g/mol. The third kappa shape index (κ3) is 4.90. The van der Waals surface area contributed by atoms with Crippen molar-refractivity contribution >= 4 is 43.5 Å². The number of alkyl halides is 1. The predicted octanol–water partition coefficient (Wildman–Crippen LogP) is 5.25. The van der Waals surface area contributed by atoms with E-state index in [2.05, 4.69) is 55.0 Å². The first-order valence-corrected chi connectivity index (χ1v) is 8.20. The van der Waals surface area contributed by atoms with E-state index >= 15 is 0 Å². The van der Waals surface area contributed by atoms with Gasteiger partial charge in [0.2, 0.25) is 0 Å². The Kier molecular flexibility index (Phi) is 5.86. The van der Waals surface area contributed by atoms with E-state index in [0.717, 1.165) is 27.5 Å². The summed E-state index contributed by atoms with van der Waals surface area (Å²) in [5.41, 5.74) is 2.39. The minimum Gasteiger partial charge on any atom is -0.260 e. The molecule has 0 aliphatic carbocycles. The summed E-state index contributed by atoms with van der Waals surface area (Å²) in [4.78, 5) is 4.41. The Bertz CT molecular complexity index is 528. The van der Waals surface area contributed by atoms with Gasteiger partial charge in [-0.25, -0.2) is 0 Å². The van der Waals surface area contributed by atoms with Gasteiger partial charge in [-0.15, -0.1) is 11.6 Å². The first kappa shape index (κ1) is 15.0. The quantitative estimate of drug-likeness (QED) is 0.622. The van der Waals surface area contributed by atoms with Gasteiger partial charge in [0.05, 0.1) is 0 Å². The van der Waals surface area contributed by atoms with Gasteiger partial charge < -0.3 is 0 Å². The number of halogens is 3. The van der Waals surface area contributed by atoms with Crippen LogP contribution in [-0.4, -0.2) is 10.9 Å². The zero-order valence-corrected chi connectivity index (χ0v) is 14.2. The molecule has 2 rings (SSSR count). The van der Waals surface area contributed by atoms with Crippen molar-refractivity contribution in [1.82, 2.24) is 4.98 Å². The number of hydrogen-bond acceptors (Lipinski definition) is 1. The summed E-state index contributed by atoms with van der Waals surface area (Å²) in [6, 6.07) is 12.4. The minimum atomic E-state index is 0.407. The topological polar surface area (TPSA) is 12.9 Å². The fraction of sp³-hybridized carbons (Fsp3) is 0.267. The normalized spacial score (nSPS) is 12.4. The molecule has 0 N–H and O–H groups in total. The first-order valence-electron chi connectivity index (χ1n) is 6.08. The van der Waals surface area contributed by atoms with Crippen LogP contribution in [0, 0.1) is 5.92 Å². The van der Waals surface area contributed by atoms with Gasteiger partial charge in [0, 0.05) is 26.7 Å². The standard InChI is InChI=1S/C15H14Br2ClN/c16-13-3-1-2-11(7-13)6-12(9-18)8-15-5-4-14(17)10-19-15/h1-5,7,10,12H,6,8-9H2. The van der Waals surface area contributed by atoms with Crippen LogP contribution in [0.1, 0.15) is 11.3 Å². The molecule has 1 nitrogen and oxygen atoms in total. The van der Waals surface area contributed by atoms with E-state index in [9.17, 15) is 0 Å². The minimum absolute atomic E-state index is 0.407. The van der Waals surface area contributed by atoms with Gasteiger partial charge in [-0.3, -0.25) is 4.98 Å². The van der Waals surface area contributed by atoms with E-state index in [0.29, 0.717) is 11.8 Å². The number of nitrogens with zero attached hydrogens (tertiary/aromatic N) is 1. The van der Waals surface area contributed by atoms with Crippen LogP contribution in [0.15, 0.2) is 51.5 Å². The van der Waals surface area contributed by atoms with Crippen molar-refractivity contribution in [1.29, 1.82) is 0 Å². The molecule has 2 aromatic rings. The third-order valence-corrected chi connectivity index (χ3v) is 4.32. The molecule has 0 saturated heterocycles. The summed E-state index contributed by atoms with van der Waals surface area (Å²) in [5.74, 6) is 1.05. The highest BCUT2D eigenvalue weighted by Crippen LogP contribution is 2.19. The Labute approximate surface area is 135 Å². The molecule has 1 heterocycles. The van der Waals surface area contributed by atoms with E-state index in [1.807, 2.05) is 24.4 Å². The van der Waals surface area contributed by atoms with Crippen LogP contribution in [0.5, 0.6) is 0 Å². The van der Waals surface area contributed by atoms with Crippen molar-refractivity contribution in [3.05, 3.63) is 62.8 Å². The van der Waals surface area contributed by atoms with Gasteiger partial charge in [-0.2, -0.15) is 0 Å². The van der Waals surface area contributed by atoms with Crippen molar-refractivity contribution < 1.29 is 0 Å². The molecule has 0 amide bonds. The lowest BCUT2D eigenvalue weighted by molar-refractivity contribution is 0.575. The Hall–Kier alpha value is -0.380. The molecule has 1 unspecified atom stereocenters. The lowest BCUT2D eigenvalue weighted by atomic mass is 9.96. The second kappa shape index (κ2) is 7.41. The highest BCUT2D eigenvalue weighted by Gasteiger charge is 2.11. The second-order valence-electron chi connectivity index (χ2n) is 4.53. The fourth-order valence-electron chi connectivity index (χ4n) is 2.00. The number of pyridine rings is 1. The maximum absolute atomic E-state index is 6.09. The van der Waals surface area contributed by atoms with E-state index < -0.39 is 0 Å². The van der Waals surface area contributed by atoms with Gasteiger partial charge >= 0.3 is 0 Å². The molecule has 0 bridgehead atoms. The maximum atomic E-state index is 6.09. The Morgan fingerprint density at radius 2 is 1.89 bits per heavy atom. The number of benzene rings is 1. The number of aromatic nitrogens is 1. The summed E-state index contributed by atoms with van der Waals surface area (Å²) in [5, 5.41) is 0. The van der Waals surface area contributed by atoms with Crippen molar-refractivity contribution in [2.75, 3.05) is 5.88 Å². The molecular weight excluding hydrogens is 389 g/mol. The fourth-order valence-corrected chi connectivity index (χ4v) is 2.90. The first-order chi connectivity index (χ1) is 9.17. The van der Waals surface area contributed by atoms with Gasteiger partial charge in [0.1, 0.15) is 0 Å². The SMILES string of the molecule is ClCC(Cc1cccc(Br)c1)Cc1ccc(Br)cn1. The molecule has 1 aromatic carbocycles. The maximum Gasteiger partial charge on any atom is 0.0413 e. The van der Waals surface area contributed by atoms with E-state index in [1.54, 1.807) is 0 Å². The lowest BCUT2D eigenvalue weighted by Crippen LogP contribution is -2.11. The third-order valence-electron chi connectivity index (χ3n) is 2.92. The summed E-state index contributed by atoms with van der Waals surface area (Å²) in [6.07, 6.45) is 3.71. The summed E-state index contributed by atoms with van der Waals surface area (Å²) in [7, 11) is 0. The van der Waals surface area contributed by atoms with Crippen LogP contribution >= 0.6 is 43.5 Å². The van der Waals surface area contributed by atoms with Crippen LogP contribution < -0.4 is 0 Å². The molecule has 1 atom stereocenters. The molecular formula is C15H14Br2ClN. The van der Waals surface area contributed by atoms with Crippen molar-refractivity contribution in [2.24, 2.45) is 5.92 Å². The van der Waals surface area contributed by atoms with E-state index in [-0.39, 0.29) is 0 Å². The largest absolute Gasteiger partial charge is 0.260 e.